The third-order valence-corrected chi connectivity index (χ3v) is 6.10. The number of fused-ring (bicyclic) bond motifs is 2. The van der Waals surface area contributed by atoms with Gasteiger partial charge in [-0.05, 0) is 63.6 Å². The maximum absolute atomic E-state index is 13.4. The van der Waals surface area contributed by atoms with Crippen molar-refractivity contribution in [2.24, 2.45) is 0 Å². The number of rotatable bonds is 3. The molecule has 0 N–H and O–H groups in total. The molecule has 1 aliphatic carbocycles. The van der Waals surface area contributed by atoms with Crippen LogP contribution in [0.5, 0.6) is 0 Å². The first-order valence-electron chi connectivity index (χ1n) is 10.6. The first-order valence-corrected chi connectivity index (χ1v) is 10.6. The van der Waals surface area contributed by atoms with E-state index in [2.05, 4.69) is 11.2 Å². The van der Waals surface area contributed by atoms with Gasteiger partial charge in [0.2, 0.25) is 11.9 Å². The number of amides is 1. The fourth-order valence-electron chi connectivity index (χ4n) is 4.63. The van der Waals surface area contributed by atoms with E-state index >= 15 is 0 Å². The van der Waals surface area contributed by atoms with Crippen LogP contribution in [-0.4, -0.2) is 31.8 Å². The zero-order valence-corrected chi connectivity index (χ0v) is 17.4. The Kier molecular flexibility index (Phi) is 4.53. The van der Waals surface area contributed by atoms with Gasteiger partial charge < -0.3 is 4.90 Å². The number of hydrogen-bond donors (Lipinski definition) is 0. The summed E-state index contributed by atoms with van der Waals surface area (Å²) in [5.74, 6) is 0.342. The molecule has 3 heterocycles. The number of para-hydroxylation sites is 1. The lowest BCUT2D eigenvalue weighted by molar-refractivity contribution is -0.119. The standard InChI is InChI=1S/C23H25N5O2/c1-15-13-16(2)28(25-15)23-24-19-9-5-4-8-18(19)22(30)27(23)14-21(29)26-12-11-17-7-3-6-10-20(17)26/h3,6-7,10,13H,4-5,8-9,11-12,14H2,1-2H3. The Labute approximate surface area is 175 Å². The van der Waals surface area contributed by atoms with Crippen LogP contribution in [0.3, 0.4) is 0 Å². The van der Waals surface area contributed by atoms with E-state index in [1.807, 2.05) is 38.1 Å². The summed E-state index contributed by atoms with van der Waals surface area (Å²) in [5, 5.41) is 4.54. The Morgan fingerprint density at radius 3 is 2.70 bits per heavy atom. The van der Waals surface area contributed by atoms with Gasteiger partial charge in [-0.3, -0.25) is 14.2 Å². The first kappa shape index (κ1) is 18.8. The molecule has 2 aromatic heterocycles. The normalized spacial score (nSPS) is 15.2. The van der Waals surface area contributed by atoms with Crippen molar-refractivity contribution in [1.29, 1.82) is 0 Å². The molecule has 0 fully saturated rings. The molecular formula is C23H25N5O2. The van der Waals surface area contributed by atoms with Crippen LogP contribution in [0.25, 0.3) is 5.95 Å². The highest BCUT2D eigenvalue weighted by molar-refractivity contribution is 5.95. The topological polar surface area (TPSA) is 73.0 Å². The van der Waals surface area contributed by atoms with Crippen LogP contribution < -0.4 is 10.5 Å². The molecule has 1 aliphatic heterocycles. The fourth-order valence-corrected chi connectivity index (χ4v) is 4.63. The van der Waals surface area contributed by atoms with Crippen LogP contribution in [0, 0.1) is 13.8 Å². The summed E-state index contributed by atoms with van der Waals surface area (Å²) in [5.41, 5.74) is 5.34. The summed E-state index contributed by atoms with van der Waals surface area (Å²) in [4.78, 5) is 33.3. The Hall–Kier alpha value is -3.22. The van der Waals surface area contributed by atoms with Gasteiger partial charge in [-0.1, -0.05) is 18.2 Å². The maximum atomic E-state index is 13.4. The van der Waals surface area contributed by atoms with Crippen LogP contribution in [0.1, 0.15) is 41.1 Å². The lowest BCUT2D eigenvalue weighted by atomic mass is 9.97. The van der Waals surface area contributed by atoms with E-state index in [1.165, 1.54) is 10.1 Å². The molecule has 0 atom stereocenters. The molecule has 1 aromatic carbocycles. The third kappa shape index (κ3) is 3.05. The number of carbonyl (C=O) groups is 1. The molecule has 154 valence electrons. The van der Waals surface area contributed by atoms with Gasteiger partial charge in [0, 0.05) is 23.5 Å². The Morgan fingerprint density at radius 2 is 1.90 bits per heavy atom. The first-order chi connectivity index (χ1) is 14.5. The van der Waals surface area contributed by atoms with Crippen LogP contribution in [0.15, 0.2) is 35.1 Å². The van der Waals surface area contributed by atoms with E-state index in [1.54, 1.807) is 9.58 Å². The Balaban J connectivity index is 1.59. The minimum Gasteiger partial charge on any atom is -0.310 e. The summed E-state index contributed by atoms with van der Waals surface area (Å²) in [6.45, 7) is 4.45. The fraction of sp³-hybridized carbons (Fsp3) is 0.391. The van der Waals surface area contributed by atoms with Gasteiger partial charge in [-0.2, -0.15) is 5.10 Å². The highest BCUT2D eigenvalue weighted by Crippen LogP contribution is 2.28. The molecule has 2 aliphatic rings. The van der Waals surface area contributed by atoms with Crippen molar-refractivity contribution >= 4 is 11.6 Å². The van der Waals surface area contributed by atoms with E-state index in [0.717, 1.165) is 60.4 Å². The molecular weight excluding hydrogens is 378 g/mol. The van der Waals surface area contributed by atoms with Gasteiger partial charge in [0.15, 0.2) is 0 Å². The van der Waals surface area contributed by atoms with E-state index in [9.17, 15) is 9.59 Å². The Morgan fingerprint density at radius 1 is 1.10 bits per heavy atom. The average molecular weight is 403 g/mol. The molecule has 0 spiro atoms. The summed E-state index contributed by atoms with van der Waals surface area (Å²) < 4.78 is 3.21. The predicted molar refractivity (Wildman–Crippen MR) is 114 cm³/mol. The molecule has 5 rings (SSSR count). The summed E-state index contributed by atoms with van der Waals surface area (Å²) in [6.07, 6.45) is 4.37. The van der Waals surface area contributed by atoms with Crippen LogP contribution >= 0.6 is 0 Å². The molecule has 30 heavy (non-hydrogen) atoms. The van der Waals surface area contributed by atoms with Crippen molar-refractivity contribution in [2.45, 2.75) is 52.5 Å². The highest BCUT2D eigenvalue weighted by Gasteiger charge is 2.27. The highest BCUT2D eigenvalue weighted by atomic mass is 16.2. The number of aryl methyl sites for hydroxylation is 3. The number of anilines is 1. The van der Waals surface area contributed by atoms with E-state index < -0.39 is 0 Å². The van der Waals surface area contributed by atoms with Crippen molar-refractivity contribution in [3.63, 3.8) is 0 Å². The number of benzene rings is 1. The molecule has 7 nitrogen and oxygen atoms in total. The second-order valence-corrected chi connectivity index (χ2v) is 8.20. The van der Waals surface area contributed by atoms with E-state index in [0.29, 0.717) is 12.5 Å². The quantitative estimate of drug-likeness (QED) is 0.674. The number of hydrogen-bond acceptors (Lipinski definition) is 4. The second kappa shape index (κ2) is 7.23. The minimum atomic E-state index is -0.108. The largest absolute Gasteiger partial charge is 0.310 e. The molecule has 0 saturated heterocycles. The Bertz CT molecular complexity index is 1210. The number of carbonyl (C=O) groups excluding carboxylic acids is 1. The van der Waals surface area contributed by atoms with Gasteiger partial charge in [0.1, 0.15) is 6.54 Å². The maximum Gasteiger partial charge on any atom is 0.258 e. The van der Waals surface area contributed by atoms with Gasteiger partial charge in [0.05, 0.1) is 11.4 Å². The van der Waals surface area contributed by atoms with Crippen molar-refractivity contribution in [1.82, 2.24) is 19.3 Å². The molecule has 0 bridgehead atoms. The van der Waals surface area contributed by atoms with Crippen LogP contribution in [0.4, 0.5) is 5.69 Å². The van der Waals surface area contributed by atoms with Gasteiger partial charge in [-0.25, -0.2) is 9.67 Å². The van der Waals surface area contributed by atoms with Gasteiger partial charge in [-0.15, -0.1) is 0 Å². The van der Waals surface area contributed by atoms with Crippen molar-refractivity contribution in [3.05, 3.63) is 68.9 Å². The van der Waals surface area contributed by atoms with E-state index in [4.69, 9.17) is 4.98 Å². The van der Waals surface area contributed by atoms with Crippen molar-refractivity contribution in [2.75, 3.05) is 11.4 Å². The molecule has 0 saturated carbocycles. The molecule has 0 unspecified atom stereocenters. The molecule has 7 heteroatoms. The second-order valence-electron chi connectivity index (χ2n) is 8.20. The third-order valence-electron chi connectivity index (χ3n) is 6.10. The minimum absolute atomic E-state index is 0.0405. The SMILES string of the molecule is Cc1cc(C)n(-c2nc3c(c(=O)n2CC(=O)N2CCc4ccccc42)CCCC3)n1. The van der Waals surface area contributed by atoms with Gasteiger partial charge in [0.25, 0.3) is 5.56 Å². The monoisotopic (exact) mass is 403 g/mol. The number of nitrogens with zero attached hydrogens (tertiary/aromatic N) is 5. The van der Waals surface area contributed by atoms with E-state index in [-0.39, 0.29) is 18.0 Å². The molecule has 1 amide bonds. The number of aromatic nitrogens is 4. The summed E-state index contributed by atoms with van der Waals surface area (Å²) >= 11 is 0. The molecule has 3 aromatic rings. The average Bonchev–Trinajstić information content (AvgIpc) is 3.32. The lowest BCUT2D eigenvalue weighted by Gasteiger charge is -2.22. The van der Waals surface area contributed by atoms with Crippen LogP contribution in [0.2, 0.25) is 0 Å². The summed E-state index contributed by atoms with van der Waals surface area (Å²) in [6, 6.07) is 9.91. The summed E-state index contributed by atoms with van der Waals surface area (Å²) in [7, 11) is 0. The zero-order chi connectivity index (χ0) is 20.8. The lowest BCUT2D eigenvalue weighted by Crippen LogP contribution is -2.39. The van der Waals surface area contributed by atoms with Crippen LogP contribution in [-0.2, 0) is 30.6 Å². The smallest absolute Gasteiger partial charge is 0.258 e. The zero-order valence-electron chi connectivity index (χ0n) is 17.4. The van der Waals surface area contributed by atoms with Gasteiger partial charge >= 0.3 is 0 Å². The predicted octanol–water partition coefficient (Wildman–Crippen LogP) is 2.51. The van der Waals surface area contributed by atoms with Crippen molar-refractivity contribution < 1.29 is 4.79 Å². The van der Waals surface area contributed by atoms with Crippen molar-refractivity contribution in [3.8, 4) is 5.95 Å². The molecule has 0 radical (unpaired) electrons.